The third kappa shape index (κ3) is 4.64. The molecule has 0 aliphatic heterocycles. The summed E-state index contributed by atoms with van der Waals surface area (Å²) in [5.41, 5.74) is 15.2. The molecule has 0 saturated carbocycles. The lowest BCUT2D eigenvalue weighted by Gasteiger charge is -2.30. The highest BCUT2D eigenvalue weighted by Gasteiger charge is 2.35. The van der Waals surface area contributed by atoms with E-state index < -0.39 is 0 Å². The number of rotatable bonds is 5. The molecule has 0 amide bonds. The molecule has 242 valence electrons. The number of benzene rings is 8. The van der Waals surface area contributed by atoms with Gasteiger partial charge >= 0.3 is 0 Å². The Morgan fingerprint density at radius 2 is 1.06 bits per heavy atom. The summed E-state index contributed by atoms with van der Waals surface area (Å²) in [6.07, 6.45) is 0. The first-order chi connectivity index (χ1) is 25.0. The molecule has 10 rings (SSSR count). The van der Waals surface area contributed by atoms with Gasteiger partial charge in [-0.3, -0.25) is 0 Å². The summed E-state index contributed by atoms with van der Waals surface area (Å²) in [5.74, 6) is 0. The molecule has 1 aliphatic carbocycles. The Labute approximate surface area is 297 Å². The van der Waals surface area contributed by atoms with E-state index in [2.05, 4.69) is 195 Å². The molecule has 0 fully saturated rings. The van der Waals surface area contributed by atoms with Gasteiger partial charge in [-0.2, -0.15) is 0 Å². The normalized spacial score (nSPS) is 13.1. The van der Waals surface area contributed by atoms with Crippen molar-refractivity contribution in [3.8, 4) is 33.4 Å². The third-order valence-corrected chi connectivity index (χ3v) is 10.9. The first-order valence-electron chi connectivity index (χ1n) is 17.7. The van der Waals surface area contributed by atoms with E-state index >= 15 is 0 Å². The highest BCUT2D eigenvalue weighted by molar-refractivity contribution is 6.15. The Kier molecular flexibility index (Phi) is 6.56. The average Bonchev–Trinajstić information content (AvgIpc) is 3.66. The fourth-order valence-electron chi connectivity index (χ4n) is 8.33. The topological polar surface area (TPSA) is 16.4 Å². The molecule has 0 atom stereocenters. The van der Waals surface area contributed by atoms with Crippen LogP contribution in [0.15, 0.2) is 180 Å². The Morgan fingerprint density at radius 1 is 0.431 bits per heavy atom. The maximum atomic E-state index is 6.42. The molecule has 0 unspecified atom stereocenters. The van der Waals surface area contributed by atoms with Crippen molar-refractivity contribution in [2.75, 3.05) is 4.90 Å². The highest BCUT2D eigenvalue weighted by atomic mass is 16.3. The molecule has 1 aromatic heterocycles. The standard InChI is InChI=1S/C49H35NO/c1-49(2)43-20-10-8-18-40(43)41-28-27-37(31-44(41)49)50(45-21-11-9-17-38(45)32-13-4-3-5-14-32)36-25-23-33(24-26-36)39-19-12-22-46-48(39)42-29-34-15-6-7-16-35(34)30-47(42)51-46/h3-31H,1-2H3. The molecule has 0 spiro atoms. The minimum absolute atomic E-state index is 0.103. The van der Waals surface area contributed by atoms with Crippen molar-refractivity contribution in [1.82, 2.24) is 0 Å². The van der Waals surface area contributed by atoms with Gasteiger partial charge in [0.1, 0.15) is 11.2 Å². The second-order valence-corrected chi connectivity index (χ2v) is 14.1. The van der Waals surface area contributed by atoms with Crippen LogP contribution in [0.5, 0.6) is 0 Å². The maximum absolute atomic E-state index is 6.42. The summed E-state index contributed by atoms with van der Waals surface area (Å²) in [7, 11) is 0. The minimum Gasteiger partial charge on any atom is -0.456 e. The molecule has 1 aliphatic rings. The number of nitrogens with zero attached hydrogens (tertiary/aromatic N) is 1. The van der Waals surface area contributed by atoms with Gasteiger partial charge < -0.3 is 9.32 Å². The largest absolute Gasteiger partial charge is 0.456 e. The van der Waals surface area contributed by atoms with Crippen LogP contribution in [0, 0.1) is 0 Å². The van der Waals surface area contributed by atoms with Crippen LogP contribution < -0.4 is 4.90 Å². The van der Waals surface area contributed by atoms with Crippen molar-refractivity contribution in [1.29, 1.82) is 0 Å². The maximum Gasteiger partial charge on any atom is 0.136 e. The predicted molar refractivity (Wildman–Crippen MR) is 214 cm³/mol. The van der Waals surface area contributed by atoms with Crippen LogP contribution in [0.4, 0.5) is 17.1 Å². The SMILES string of the molecule is CC1(C)c2ccccc2-c2ccc(N(c3ccc(-c4cccc5oc6cc7ccccc7cc6c45)cc3)c3ccccc3-c3ccccc3)cc21. The van der Waals surface area contributed by atoms with Gasteiger partial charge in [0.25, 0.3) is 0 Å². The zero-order chi connectivity index (χ0) is 34.1. The van der Waals surface area contributed by atoms with E-state index in [-0.39, 0.29) is 5.41 Å². The minimum atomic E-state index is -0.103. The molecule has 0 saturated heterocycles. The Hall–Kier alpha value is -6.38. The van der Waals surface area contributed by atoms with Crippen molar-refractivity contribution < 1.29 is 4.42 Å². The molecular weight excluding hydrogens is 619 g/mol. The average molecular weight is 654 g/mol. The molecule has 9 aromatic rings. The van der Waals surface area contributed by atoms with Crippen LogP contribution >= 0.6 is 0 Å². The number of para-hydroxylation sites is 1. The van der Waals surface area contributed by atoms with Gasteiger partial charge in [-0.15, -0.1) is 0 Å². The summed E-state index contributed by atoms with van der Waals surface area (Å²) in [4.78, 5) is 2.42. The highest BCUT2D eigenvalue weighted by Crippen LogP contribution is 2.51. The fourth-order valence-corrected chi connectivity index (χ4v) is 8.33. The van der Waals surface area contributed by atoms with Gasteiger partial charge in [0, 0.05) is 33.1 Å². The van der Waals surface area contributed by atoms with E-state index in [0.717, 1.165) is 44.6 Å². The van der Waals surface area contributed by atoms with Crippen LogP contribution in [0.2, 0.25) is 0 Å². The predicted octanol–water partition coefficient (Wildman–Crippen LogP) is 13.8. The molecule has 0 N–H and O–H groups in total. The van der Waals surface area contributed by atoms with Crippen molar-refractivity contribution in [3.05, 3.63) is 187 Å². The van der Waals surface area contributed by atoms with Crippen LogP contribution in [-0.4, -0.2) is 0 Å². The Balaban J connectivity index is 1.14. The van der Waals surface area contributed by atoms with Gasteiger partial charge in [-0.05, 0) is 98.2 Å². The smallest absolute Gasteiger partial charge is 0.136 e. The molecule has 0 bridgehead atoms. The lowest BCUT2D eigenvalue weighted by Crippen LogP contribution is -2.16. The molecule has 0 radical (unpaired) electrons. The lowest BCUT2D eigenvalue weighted by atomic mass is 9.82. The summed E-state index contributed by atoms with van der Waals surface area (Å²) >= 11 is 0. The monoisotopic (exact) mass is 653 g/mol. The van der Waals surface area contributed by atoms with E-state index in [1.807, 2.05) is 0 Å². The van der Waals surface area contributed by atoms with Crippen molar-refractivity contribution >= 4 is 49.8 Å². The van der Waals surface area contributed by atoms with Gasteiger partial charge in [-0.1, -0.05) is 141 Å². The van der Waals surface area contributed by atoms with Crippen molar-refractivity contribution in [2.24, 2.45) is 0 Å². The van der Waals surface area contributed by atoms with E-state index in [9.17, 15) is 0 Å². The van der Waals surface area contributed by atoms with Crippen molar-refractivity contribution in [2.45, 2.75) is 19.3 Å². The summed E-state index contributed by atoms with van der Waals surface area (Å²) in [6, 6.07) is 63.7. The number of hydrogen-bond acceptors (Lipinski definition) is 2. The number of hydrogen-bond donors (Lipinski definition) is 0. The molecule has 1 heterocycles. The van der Waals surface area contributed by atoms with Crippen molar-refractivity contribution in [3.63, 3.8) is 0 Å². The van der Waals surface area contributed by atoms with Gasteiger partial charge in [0.05, 0.1) is 5.69 Å². The first kappa shape index (κ1) is 29.5. The summed E-state index contributed by atoms with van der Waals surface area (Å²) in [6.45, 7) is 4.70. The van der Waals surface area contributed by atoms with Crippen LogP contribution in [0.3, 0.4) is 0 Å². The van der Waals surface area contributed by atoms with Gasteiger partial charge in [-0.25, -0.2) is 0 Å². The molecule has 2 nitrogen and oxygen atoms in total. The van der Waals surface area contributed by atoms with Crippen LogP contribution in [0.25, 0.3) is 66.1 Å². The first-order valence-corrected chi connectivity index (χ1v) is 17.7. The fraction of sp³-hybridized carbons (Fsp3) is 0.0612. The van der Waals surface area contributed by atoms with Crippen LogP contribution in [-0.2, 0) is 5.41 Å². The van der Waals surface area contributed by atoms with E-state index in [1.165, 1.54) is 49.7 Å². The Bertz CT molecular complexity index is 2770. The quantitative estimate of drug-likeness (QED) is 0.184. The van der Waals surface area contributed by atoms with E-state index in [1.54, 1.807) is 0 Å². The number of fused-ring (bicyclic) bond motifs is 7. The van der Waals surface area contributed by atoms with Gasteiger partial charge in [0.15, 0.2) is 0 Å². The zero-order valence-electron chi connectivity index (χ0n) is 28.6. The molecule has 8 aromatic carbocycles. The summed E-state index contributed by atoms with van der Waals surface area (Å²) < 4.78 is 6.42. The number of furan rings is 1. The van der Waals surface area contributed by atoms with E-state index in [0.29, 0.717) is 0 Å². The lowest BCUT2D eigenvalue weighted by molar-refractivity contribution is 0.660. The second kappa shape index (κ2) is 11.3. The molecule has 51 heavy (non-hydrogen) atoms. The molecule has 2 heteroatoms. The number of anilines is 3. The summed E-state index contributed by atoms with van der Waals surface area (Å²) in [5, 5.41) is 4.69. The van der Waals surface area contributed by atoms with Crippen LogP contribution in [0.1, 0.15) is 25.0 Å². The van der Waals surface area contributed by atoms with Gasteiger partial charge in [0.2, 0.25) is 0 Å². The zero-order valence-corrected chi connectivity index (χ0v) is 28.6. The third-order valence-electron chi connectivity index (χ3n) is 10.9. The Morgan fingerprint density at radius 3 is 1.88 bits per heavy atom. The second-order valence-electron chi connectivity index (χ2n) is 14.1. The molecular formula is C49H35NO. The van der Waals surface area contributed by atoms with E-state index in [4.69, 9.17) is 4.42 Å².